The first-order valence-corrected chi connectivity index (χ1v) is 8.38. The summed E-state index contributed by atoms with van der Waals surface area (Å²) in [6, 6.07) is 0. The molecule has 21 heavy (non-hydrogen) atoms. The molecule has 0 aromatic rings. The van der Waals surface area contributed by atoms with Gasteiger partial charge in [0.25, 0.3) is 0 Å². The maximum absolute atomic E-state index is 10.4. The molecule has 0 amide bonds. The molecule has 0 aromatic heterocycles. The molecular formula is C16H31NO4. The van der Waals surface area contributed by atoms with Crippen molar-refractivity contribution in [2.24, 2.45) is 5.92 Å². The average molecular weight is 301 g/mol. The van der Waals surface area contributed by atoms with Gasteiger partial charge in [0, 0.05) is 19.7 Å². The fourth-order valence-corrected chi connectivity index (χ4v) is 3.12. The third-order valence-corrected chi connectivity index (χ3v) is 4.68. The van der Waals surface area contributed by atoms with E-state index in [9.17, 15) is 10.2 Å². The van der Waals surface area contributed by atoms with Crippen molar-refractivity contribution in [1.82, 2.24) is 5.32 Å². The first-order chi connectivity index (χ1) is 10.1. The van der Waals surface area contributed by atoms with Gasteiger partial charge in [-0.15, -0.1) is 0 Å². The summed E-state index contributed by atoms with van der Waals surface area (Å²) in [5.41, 5.74) is -0.592. The summed E-state index contributed by atoms with van der Waals surface area (Å²) in [5.74, 6) is 0.724. The van der Waals surface area contributed by atoms with Gasteiger partial charge < -0.3 is 25.0 Å². The second-order valence-electron chi connectivity index (χ2n) is 6.86. The summed E-state index contributed by atoms with van der Waals surface area (Å²) < 4.78 is 10.9. The van der Waals surface area contributed by atoms with Crippen LogP contribution in [0.2, 0.25) is 0 Å². The van der Waals surface area contributed by atoms with Gasteiger partial charge in [0.2, 0.25) is 0 Å². The van der Waals surface area contributed by atoms with Gasteiger partial charge in [-0.05, 0) is 44.4 Å². The monoisotopic (exact) mass is 301 g/mol. The molecule has 0 spiro atoms. The van der Waals surface area contributed by atoms with Gasteiger partial charge in [0.05, 0.1) is 31.0 Å². The zero-order chi connectivity index (χ0) is 15.1. The van der Waals surface area contributed by atoms with Gasteiger partial charge in [-0.3, -0.25) is 0 Å². The highest BCUT2D eigenvalue weighted by Gasteiger charge is 2.31. The topological polar surface area (TPSA) is 71.0 Å². The number of aliphatic hydroxyl groups excluding tert-OH is 1. The van der Waals surface area contributed by atoms with Crippen LogP contribution < -0.4 is 5.32 Å². The zero-order valence-electron chi connectivity index (χ0n) is 13.2. The quantitative estimate of drug-likeness (QED) is 0.626. The van der Waals surface area contributed by atoms with E-state index in [1.165, 1.54) is 0 Å². The predicted octanol–water partition coefficient (Wildman–Crippen LogP) is 1.07. The molecule has 2 aliphatic rings. The lowest BCUT2D eigenvalue weighted by atomic mass is 9.79. The van der Waals surface area contributed by atoms with Crippen LogP contribution >= 0.6 is 0 Å². The Morgan fingerprint density at radius 2 is 2.10 bits per heavy atom. The van der Waals surface area contributed by atoms with Gasteiger partial charge in [-0.25, -0.2) is 0 Å². The van der Waals surface area contributed by atoms with E-state index < -0.39 is 11.7 Å². The number of rotatable bonds is 8. The molecule has 1 saturated carbocycles. The molecule has 0 aromatic carbocycles. The molecule has 5 nitrogen and oxygen atoms in total. The van der Waals surface area contributed by atoms with Crippen LogP contribution in [0.4, 0.5) is 0 Å². The van der Waals surface area contributed by atoms with Crippen LogP contribution in [-0.2, 0) is 9.47 Å². The van der Waals surface area contributed by atoms with E-state index in [0.717, 1.165) is 51.0 Å². The Hall–Kier alpha value is -0.200. The Bertz CT molecular complexity index is 286. The van der Waals surface area contributed by atoms with Crippen molar-refractivity contribution in [3.8, 4) is 0 Å². The smallest absolute Gasteiger partial charge is 0.0897 e. The molecule has 5 heteroatoms. The van der Waals surface area contributed by atoms with Crippen molar-refractivity contribution in [2.75, 3.05) is 32.9 Å². The second kappa shape index (κ2) is 8.44. The van der Waals surface area contributed by atoms with Crippen molar-refractivity contribution < 1.29 is 19.7 Å². The molecular weight excluding hydrogens is 270 g/mol. The number of hydrogen-bond donors (Lipinski definition) is 3. The van der Waals surface area contributed by atoms with Gasteiger partial charge in [0.15, 0.2) is 0 Å². The van der Waals surface area contributed by atoms with Crippen molar-refractivity contribution >= 4 is 0 Å². The molecule has 0 bridgehead atoms. The summed E-state index contributed by atoms with van der Waals surface area (Å²) in [5, 5.41) is 23.5. The minimum Gasteiger partial charge on any atom is -0.389 e. The van der Waals surface area contributed by atoms with Crippen LogP contribution in [0.15, 0.2) is 0 Å². The summed E-state index contributed by atoms with van der Waals surface area (Å²) in [7, 11) is 0. The predicted molar refractivity (Wildman–Crippen MR) is 81.3 cm³/mol. The Balaban J connectivity index is 1.51. The van der Waals surface area contributed by atoms with Crippen molar-refractivity contribution in [3.63, 3.8) is 0 Å². The van der Waals surface area contributed by atoms with Crippen LogP contribution in [0.1, 0.15) is 45.4 Å². The van der Waals surface area contributed by atoms with Crippen LogP contribution in [0.25, 0.3) is 0 Å². The first kappa shape index (κ1) is 17.2. The Morgan fingerprint density at radius 1 is 1.33 bits per heavy atom. The standard InChI is InChI=1S/C16H31NO4/c1-13-4-6-16(19,7-5-13)12-17-9-14(18)10-20-11-15-3-2-8-21-15/h13-15,17-19H,2-12H2,1H3. The normalized spacial score (nSPS) is 35.0. The van der Waals surface area contributed by atoms with E-state index in [1.54, 1.807) is 0 Å². The van der Waals surface area contributed by atoms with Crippen molar-refractivity contribution in [1.29, 1.82) is 0 Å². The van der Waals surface area contributed by atoms with Crippen LogP contribution in [-0.4, -0.2) is 60.9 Å². The molecule has 1 heterocycles. The van der Waals surface area contributed by atoms with Crippen molar-refractivity contribution in [3.05, 3.63) is 0 Å². The molecule has 124 valence electrons. The van der Waals surface area contributed by atoms with Crippen LogP contribution in [0.5, 0.6) is 0 Å². The zero-order valence-corrected chi connectivity index (χ0v) is 13.2. The Morgan fingerprint density at radius 3 is 2.76 bits per heavy atom. The summed E-state index contributed by atoms with van der Waals surface area (Å²) >= 11 is 0. The minimum atomic E-state index is -0.592. The molecule has 1 saturated heterocycles. The molecule has 2 rings (SSSR count). The molecule has 3 N–H and O–H groups in total. The van der Waals surface area contributed by atoms with E-state index in [0.29, 0.717) is 26.3 Å². The summed E-state index contributed by atoms with van der Waals surface area (Å²) in [6.45, 7) is 4.98. The van der Waals surface area contributed by atoms with Crippen LogP contribution in [0, 0.1) is 5.92 Å². The molecule has 2 atom stereocenters. The fraction of sp³-hybridized carbons (Fsp3) is 1.00. The van der Waals surface area contributed by atoms with Crippen molar-refractivity contribution in [2.45, 2.75) is 63.3 Å². The number of aliphatic hydroxyl groups is 2. The van der Waals surface area contributed by atoms with Gasteiger partial charge >= 0.3 is 0 Å². The first-order valence-electron chi connectivity index (χ1n) is 8.38. The van der Waals surface area contributed by atoms with E-state index in [1.807, 2.05) is 0 Å². The molecule has 1 aliphatic carbocycles. The van der Waals surface area contributed by atoms with E-state index >= 15 is 0 Å². The Labute approximate surface area is 128 Å². The highest BCUT2D eigenvalue weighted by molar-refractivity contribution is 4.86. The number of hydrogen-bond acceptors (Lipinski definition) is 5. The number of ether oxygens (including phenoxy) is 2. The lowest BCUT2D eigenvalue weighted by Gasteiger charge is -2.35. The minimum absolute atomic E-state index is 0.204. The van der Waals surface area contributed by atoms with Gasteiger partial charge in [-0.1, -0.05) is 6.92 Å². The lowest BCUT2D eigenvalue weighted by molar-refractivity contribution is -0.0242. The average Bonchev–Trinajstić information content (AvgIpc) is 2.96. The molecule has 1 aliphatic heterocycles. The maximum Gasteiger partial charge on any atom is 0.0897 e. The Kier molecular flexibility index (Phi) is 6.89. The largest absolute Gasteiger partial charge is 0.389 e. The number of nitrogens with one attached hydrogen (secondary N) is 1. The third-order valence-electron chi connectivity index (χ3n) is 4.68. The maximum atomic E-state index is 10.4. The van der Waals surface area contributed by atoms with Crippen LogP contribution in [0.3, 0.4) is 0 Å². The van der Waals surface area contributed by atoms with Gasteiger partial charge in [-0.2, -0.15) is 0 Å². The molecule has 2 unspecified atom stereocenters. The fourth-order valence-electron chi connectivity index (χ4n) is 3.12. The molecule has 0 radical (unpaired) electrons. The SMILES string of the molecule is CC1CCC(O)(CNCC(O)COCC2CCCO2)CC1. The second-order valence-corrected chi connectivity index (χ2v) is 6.86. The molecule has 2 fully saturated rings. The van der Waals surface area contributed by atoms with E-state index in [-0.39, 0.29) is 6.10 Å². The van der Waals surface area contributed by atoms with Gasteiger partial charge in [0.1, 0.15) is 0 Å². The highest BCUT2D eigenvalue weighted by atomic mass is 16.5. The highest BCUT2D eigenvalue weighted by Crippen LogP contribution is 2.31. The summed E-state index contributed by atoms with van der Waals surface area (Å²) in [4.78, 5) is 0. The van der Waals surface area contributed by atoms with E-state index in [4.69, 9.17) is 9.47 Å². The lowest BCUT2D eigenvalue weighted by Crippen LogP contribution is -2.45. The summed E-state index contributed by atoms with van der Waals surface area (Å²) in [6.07, 6.45) is 5.72. The van der Waals surface area contributed by atoms with E-state index in [2.05, 4.69) is 12.2 Å². The third kappa shape index (κ3) is 6.20.